The van der Waals surface area contributed by atoms with Gasteiger partial charge in [0.2, 0.25) is 11.8 Å². The lowest BCUT2D eigenvalue weighted by atomic mass is 9.87. The van der Waals surface area contributed by atoms with E-state index in [4.69, 9.17) is 18.9 Å². The lowest BCUT2D eigenvalue weighted by Gasteiger charge is -2.41. The molecule has 0 unspecified atom stereocenters. The summed E-state index contributed by atoms with van der Waals surface area (Å²) in [5.74, 6) is -3.06. The molecule has 2 aliphatic rings. The van der Waals surface area contributed by atoms with Gasteiger partial charge in [-0.3, -0.25) is 33.6 Å². The predicted molar refractivity (Wildman–Crippen MR) is 286 cm³/mol. The van der Waals surface area contributed by atoms with Crippen molar-refractivity contribution in [2.75, 3.05) is 39.5 Å². The Morgan fingerprint density at radius 1 is 0.693 bits per heavy atom. The van der Waals surface area contributed by atoms with Crippen molar-refractivity contribution in [2.45, 2.75) is 124 Å². The summed E-state index contributed by atoms with van der Waals surface area (Å²) in [6.07, 6.45) is 2.41. The quantitative estimate of drug-likeness (QED) is 0.0168. The van der Waals surface area contributed by atoms with Crippen LogP contribution in [0.2, 0.25) is 0 Å². The maximum atomic E-state index is 14.7. The van der Waals surface area contributed by atoms with Crippen molar-refractivity contribution in [3.8, 4) is 11.5 Å². The van der Waals surface area contributed by atoms with Crippen LogP contribution in [-0.4, -0.2) is 103 Å². The van der Waals surface area contributed by atoms with Crippen LogP contribution in [0.1, 0.15) is 113 Å². The van der Waals surface area contributed by atoms with Gasteiger partial charge in [-0.1, -0.05) is 126 Å². The van der Waals surface area contributed by atoms with E-state index in [9.17, 15) is 33.6 Å². The summed E-state index contributed by atoms with van der Waals surface area (Å²) < 4.78 is 23.7. The molecule has 4 aromatic carbocycles. The zero-order valence-corrected chi connectivity index (χ0v) is 45.0. The number of nitrogens with zero attached hydrogens (tertiary/aromatic N) is 1. The number of aryl methyl sites for hydroxylation is 1. The fraction of sp³-hybridized carbons (Fsp3) is 0.492. The molecule has 6 rings (SSSR count). The maximum Gasteiger partial charge on any atom is 0.313 e. The van der Waals surface area contributed by atoms with Gasteiger partial charge in [0.05, 0.1) is 37.8 Å². The number of carbonyl (C=O) groups is 7. The Morgan fingerprint density at radius 2 is 1.28 bits per heavy atom. The SMILES string of the molecule is CC(C)C[C@H](NC(=O)[C@H](CCc1ccccc1)CC(=O)C[N+]1(Cc2ccc(OC(=O)C(C)C)c(OCc3ccc(C=O)cc3)c2)CCOCC1)C(=O)C[C@@H](Cc1ccccc1)C(=O)N[C@@H](CC(C)C)C(=O)[C@@]1(C)CO1. The third kappa shape index (κ3) is 17.9. The van der Waals surface area contributed by atoms with E-state index in [1.165, 1.54) is 0 Å². The van der Waals surface area contributed by atoms with Crippen molar-refractivity contribution in [2.24, 2.45) is 29.6 Å². The van der Waals surface area contributed by atoms with Gasteiger partial charge in [-0.25, -0.2) is 0 Å². The summed E-state index contributed by atoms with van der Waals surface area (Å²) in [5.41, 5.74) is 3.13. The van der Waals surface area contributed by atoms with Crippen LogP contribution in [-0.2, 0) is 64.2 Å². The van der Waals surface area contributed by atoms with Crippen LogP contribution < -0.4 is 20.1 Å². The Labute approximate surface area is 443 Å². The summed E-state index contributed by atoms with van der Waals surface area (Å²) in [6, 6.07) is 29.9. The first-order valence-corrected chi connectivity index (χ1v) is 26.7. The molecule has 2 fully saturated rings. The number of Topliss-reactive ketones (excluding diaryl/α,β-unsaturated/α-hetero) is 3. The standard InChI is InChI=1S/C61H77N3O11/c1-41(2)30-52(54(67)35-50(32-45-16-12-9-13-17-45)59(70)63-53(31-42(3)4)57(68)61(7)40-74-61)62-58(69)49(24-22-44-14-10-8-11-15-44)34-51(66)37-64(26-28-72-29-27-64)36-48-23-25-55(75-60(71)43(5)6)56(33-48)73-39-47-20-18-46(38-65)19-21-47/h8-21,23,25,33,38,41-43,49-50,52-53H,22,24,26-32,34-37,39-40H2,1-7H3,(H-,62,63,69,70)/p+1/t49-,50-,52+,53+,61-/m1/s1. The molecule has 0 aliphatic carbocycles. The molecule has 75 heavy (non-hydrogen) atoms. The third-order valence-corrected chi connectivity index (χ3v) is 14.1. The molecule has 5 atom stereocenters. The lowest BCUT2D eigenvalue weighted by molar-refractivity contribution is -0.940. The molecule has 2 aliphatic heterocycles. The first-order chi connectivity index (χ1) is 35.8. The lowest BCUT2D eigenvalue weighted by Crippen LogP contribution is -2.57. The van der Waals surface area contributed by atoms with Crippen LogP contribution in [0.4, 0.5) is 0 Å². The second-order valence-electron chi connectivity index (χ2n) is 22.0. The number of rotatable bonds is 30. The molecular weight excluding hydrogens is 951 g/mol. The number of ether oxygens (including phenoxy) is 4. The highest BCUT2D eigenvalue weighted by Gasteiger charge is 2.50. The van der Waals surface area contributed by atoms with Crippen molar-refractivity contribution in [3.63, 3.8) is 0 Å². The van der Waals surface area contributed by atoms with Gasteiger partial charge >= 0.3 is 5.97 Å². The number of esters is 1. The number of epoxide rings is 1. The monoisotopic (exact) mass is 1030 g/mol. The minimum atomic E-state index is -0.945. The number of morpholine rings is 1. The molecule has 2 heterocycles. The molecule has 402 valence electrons. The predicted octanol–water partition coefficient (Wildman–Crippen LogP) is 8.43. The van der Waals surface area contributed by atoms with E-state index in [-0.39, 0.29) is 73.3 Å². The molecule has 0 bridgehead atoms. The van der Waals surface area contributed by atoms with Crippen molar-refractivity contribution in [1.29, 1.82) is 0 Å². The topological polar surface area (TPSA) is 184 Å². The Bertz CT molecular complexity index is 2550. The number of carbonyl (C=O) groups excluding carboxylic acids is 7. The number of benzene rings is 4. The zero-order valence-electron chi connectivity index (χ0n) is 45.0. The van der Waals surface area contributed by atoms with E-state index in [1.54, 1.807) is 51.1 Å². The molecule has 0 aromatic heterocycles. The molecule has 2 saturated heterocycles. The maximum absolute atomic E-state index is 14.7. The molecular formula is C61H78N3O11+. The van der Waals surface area contributed by atoms with Gasteiger partial charge in [0.15, 0.2) is 28.8 Å². The van der Waals surface area contributed by atoms with Crippen molar-refractivity contribution >= 4 is 41.4 Å². The van der Waals surface area contributed by atoms with E-state index in [1.807, 2.05) is 100 Å². The molecule has 14 heteroatoms. The Kier molecular flexibility index (Phi) is 21.2. The minimum Gasteiger partial charge on any atom is -0.485 e. The highest BCUT2D eigenvalue weighted by molar-refractivity contribution is 5.98. The van der Waals surface area contributed by atoms with Crippen LogP contribution in [0.5, 0.6) is 11.5 Å². The smallest absolute Gasteiger partial charge is 0.313 e. The number of ketones is 3. The largest absolute Gasteiger partial charge is 0.485 e. The van der Waals surface area contributed by atoms with E-state index < -0.39 is 47.3 Å². The summed E-state index contributed by atoms with van der Waals surface area (Å²) in [4.78, 5) is 96.0. The summed E-state index contributed by atoms with van der Waals surface area (Å²) >= 11 is 0. The van der Waals surface area contributed by atoms with E-state index in [0.717, 1.165) is 28.5 Å². The van der Waals surface area contributed by atoms with E-state index >= 15 is 0 Å². The fourth-order valence-electron chi connectivity index (χ4n) is 9.63. The minimum absolute atomic E-state index is 0.000239. The van der Waals surface area contributed by atoms with Crippen molar-refractivity contribution < 1.29 is 57.0 Å². The normalized spacial score (nSPS) is 17.6. The number of hydrogen-bond donors (Lipinski definition) is 2. The molecule has 0 spiro atoms. The highest BCUT2D eigenvalue weighted by Crippen LogP contribution is 2.33. The van der Waals surface area contributed by atoms with Gasteiger partial charge in [-0.05, 0) is 85.8 Å². The fourth-order valence-corrected chi connectivity index (χ4v) is 9.63. The molecule has 0 radical (unpaired) electrons. The molecule has 0 saturated carbocycles. The van der Waals surface area contributed by atoms with Crippen LogP contribution in [0.15, 0.2) is 103 Å². The summed E-state index contributed by atoms with van der Waals surface area (Å²) in [6.45, 7) is 16.1. The van der Waals surface area contributed by atoms with Crippen LogP contribution >= 0.6 is 0 Å². The molecule has 4 aromatic rings. The number of aldehydes is 1. The Balaban J connectivity index is 1.22. The van der Waals surface area contributed by atoms with Crippen LogP contribution in [0.3, 0.4) is 0 Å². The summed E-state index contributed by atoms with van der Waals surface area (Å²) in [7, 11) is 0. The van der Waals surface area contributed by atoms with Crippen LogP contribution in [0.25, 0.3) is 0 Å². The molecule has 2 N–H and O–H groups in total. The average Bonchev–Trinajstić information content (AvgIpc) is 4.15. The number of quaternary nitrogens is 1. The number of amides is 2. The van der Waals surface area contributed by atoms with Crippen LogP contribution in [0, 0.1) is 29.6 Å². The summed E-state index contributed by atoms with van der Waals surface area (Å²) in [5, 5.41) is 6.10. The molecule has 14 nitrogen and oxygen atoms in total. The second kappa shape index (κ2) is 27.4. The Hall–Kier alpha value is -6.35. The van der Waals surface area contributed by atoms with E-state index in [0.29, 0.717) is 80.9 Å². The second-order valence-corrected chi connectivity index (χ2v) is 22.0. The van der Waals surface area contributed by atoms with Gasteiger partial charge in [-0.2, -0.15) is 0 Å². The average molecular weight is 1030 g/mol. The first kappa shape index (κ1) is 57.9. The van der Waals surface area contributed by atoms with E-state index in [2.05, 4.69) is 10.6 Å². The van der Waals surface area contributed by atoms with Gasteiger partial charge in [0, 0.05) is 35.8 Å². The van der Waals surface area contributed by atoms with Gasteiger partial charge in [-0.15, -0.1) is 0 Å². The zero-order chi connectivity index (χ0) is 54.1. The van der Waals surface area contributed by atoms with Gasteiger partial charge in [0.25, 0.3) is 0 Å². The first-order valence-electron chi connectivity index (χ1n) is 26.7. The third-order valence-electron chi connectivity index (χ3n) is 14.1. The van der Waals surface area contributed by atoms with Crippen molar-refractivity contribution in [3.05, 3.63) is 131 Å². The Morgan fingerprint density at radius 3 is 1.88 bits per heavy atom. The van der Waals surface area contributed by atoms with Crippen molar-refractivity contribution in [1.82, 2.24) is 10.6 Å². The number of hydrogen-bond acceptors (Lipinski definition) is 11. The van der Waals surface area contributed by atoms with Gasteiger partial charge < -0.3 is 34.1 Å². The highest BCUT2D eigenvalue weighted by atomic mass is 16.6. The molecule has 2 amide bonds. The van der Waals surface area contributed by atoms with Gasteiger partial charge in [0.1, 0.15) is 44.7 Å². The number of nitrogens with one attached hydrogen (secondary N) is 2.